The first-order chi connectivity index (χ1) is 14.0. The van der Waals surface area contributed by atoms with Crippen LogP contribution in [-0.4, -0.2) is 35.2 Å². The van der Waals surface area contributed by atoms with Crippen molar-refractivity contribution in [2.75, 3.05) is 6.61 Å². The molecule has 0 fully saturated rings. The Bertz CT molecular complexity index is 962. The third-order valence-corrected chi connectivity index (χ3v) is 3.70. The normalized spacial score (nSPS) is 11.2. The lowest BCUT2D eigenvalue weighted by atomic mass is 10.1. The molecule has 0 unspecified atom stereocenters. The molecule has 0 spiro atoms. The summed E-state index contributed by atoms with van der Waals surface area (Å²) in [6.45, 7) is 6.72. The Kier molecular flexibility index (Phi) is 7.24. The summed E-state index contributed by atoms with van der Waals surface area (Å²) in [4.78, 5) is 34.2. The number of carbonyl (C=O) groups is 2. The summed E-state index contributed by atoms with van der Waals surface area (Å²) >= 11 is 0. The van der Waals surface area contributed by atoms with Crippen molar-refractivity contribution in [2.45, 2.75) is 33.3 Å². The average molecular weight is 413 g/mol. The second-order valence-electron chi connectivity index (χ2n) is 7.40. The number of benzene rings is 2. The molecule has 9 nitrogen and oxygen atoms in total. The van der Waals surface area contributed by atoms with E-state index in [1.54, 1.807) is 52.0 Å². The third-order valence-electron chi connectivity index (χ3n) is 3.70. The van der Waals surface area contributed by atoms with Crippen LogP contribution in [0, 0.1) is 17.0 Å². The molecule has 0 aliphatic carbocycles. The highest BCUT2D eigenvalue weighted by Crippen LogP contribution is 2.19. The first-order valence-corrected chi connectivity index (χ1v) is 9.08. The number of aryl methyl sites for hydroxylation is 1. The average Bonchev–Trinajstić information content (AvgIpc) is 2.66. The highest BCUT2D eigenvalue weighted by molar-refractivity contribution is 5.95. The largest absolute Gasteiger partial charge is 0.482 e. The number of nitrogens with one attached hydrogen (secondary N) is 1. The van der Waals surface area contributed by atoms with Crippen molar-refractivity contribution >= 4 is 23.8 Å². The van der Waals surface area contributed by atoms with Gasteiger partial charge in [-0.25, -0.2) is 10.2 Å². The Hall–Kier alpha value is -3.75. The van der Waals surface area contributed by atoms with Crippen molar-refractivity contribution in [2.24, 2.45) is 5.10 Å². The summed E-state index contributed by atoms with van der Waals surface area (Å²) in [7, 11) is 0. The Morgan fingerprint density at radius 2 is 1.83 bits per heavy atom. The first-order valence-electron chi connectivity index (χ1n) is 9.08. The Morgan fingerprint density at radius 1 is 1.17 bits per heavy atom. The number of hydrogen-bond acceptors (Lipinski definition) is 7. The minimum absolute atomic E-state index is 0.131. The molecular formula is C21H23N3O6. The molecule has 0 radical (unpaired) electrons. The van der Waals surface area contributed by atoms with Crippen molar-refractivity contribution in [3.63, 3.8) is 0 Å². The van der Waals surface area contributed by atoms with Crippen LogP contribution in [0.2, 0.25) is 0 Å². The minimum Gasteiger partial charge on any atom is -0.482 e. The predicted molar refractivity (Wildman–Crippen MR) is 111 cm³/mol. The maximum absolute atomic E-state index is 12.1. The maximum Gasteiger partial charge on any atom is 0.344 e. The molecule has 0 saturated heterocycles. The summed E-state index contributed by atoms with van der Waals surface area (Å²) in [5.74, 6) is -0.548. The van der Waals surface area contributed by atoms with E-state index in [4.69, 9.17) is 9.47 Å². The van der Waals surface area contributed by atoms with E-state index in [-0.39, 0.29) is 17.9 Å². The van der Waals surface area contributed by atoms with E-state index in [0.29, 0.717) is 16.9 Å². The number of nitro groups is 1. The summed E-state index contributed by atoms with van der Waals surface area (Å²) in [6, 6.07) is 10.9. The van der Waals surface area contributed by atoms with Gasteiger partial charge in [-0.3, -0.25) is 14.9 Å². The van der Waals surface area contributed by atoms with Crippen LogP contribution in [0.5, 0.6) is 5.75 Å². The summed E-state index contributed by atoms with van der Waals surface area (Å²) in [5, 5.41) is 14.8. The van der Waals surface area contributed by atoms with Crippen LogP contribution in [0.25, 0.3) is 0 Å². The topological polar surface area (TPSA) is 120 Å². The number of carbonyl (C=O) groups excluding carboxylic acids is 2. The Labute approximate surface area is 173 Å². The molecule has 1 N–H and O–H groups in total. The van der Waals surface area contributed by atoms with Crippen LogP contribution in [-0.2, 0) is 9.53 Å². The predicted octanol–water partition coefficient (Wildman–Crippen LogP) is 3.39. The third kappa shape index (κ3) is 7.01. The van der Waals surface area contributed by atoms with Crippen LogP contribution in [0.3, 0.4) is 0 Å². The van der Waals surface area contributed by atoms with E-state index in [2.05, 4.69) is 10.5 Å². The molecular weight excluding hydrogens is 390 g/mol. The maximum atomic E-state index is 12.1. The van der Waals surface area contributed by atoms with Gasteiger partial charge in [-0.15, -0.1) is 0 Å². The lowest BCUT2D eigenvalue weighted by Crippen LogP contribution is -2.27. The van der Waals surface area contributed by atoms with Gasteiger partial charge in [-0.05, 0) is 63.6 Å². The quantitative estimate of drug-likeness (QED) is 0.321. The molecule has 2 aromatic rings. The number of nitrogens with zero attached hydrogens (tertiary/aromatic N) is 2. The van der Waals surface area contributed by atoms with Crippen LogP contribution in [0.4, 0.5) is 5.69 Å². The fourth-order valence-corrected chi connectivity index (χ4v) is 2.34. The number of ether oxygens (including phenoxy) is 2. The van der Waals surface area contributed by atoms with Gasteiger partial charge in [0.15, 0.2) is 6.61 Å². The lowest BCUT2D eigenvalue weighted by molar-refractivity contribution is -0.385. The Balaban J connectivity index is 1.90. The molecule has 2 aromatic carbocycles. The zero-order valence-electron chi connectivity index (χ0n) is 17.2. The number of rotatable bonds is 7. The zero-order valence-corrected chi connectivity index (χ0v) is 17.2. The smallest absolute Gasteiger partial charge is 0.344 e. The minimum atomic E-state index is -0.575. The second kappa shape index (κ2) is 9.64. The van der Waals surface area contributed by atoms with E-state index in [1.807, 2.05) is 0 Å². The highest BCUT2D eigenvalue weighted by Gasteiger charge is 2.16. The molecule has 0 aromatic heterocycles. The summed E-state index contributed by atoms with van der Waals surface area (Å²) in [5.41, 5.74) is 2.90. The number of hydrogen-bond donors (Lipinski definition) is 1. The molecule has 0 atom stereocenters. The van der Waals surface area contributed by atoms with E-state index in [9.17, 15) is 19.7 Å². The van der Waals surface area contributed by atoms with Gasteiger partial charge in [0.05, 0.1) is 11.1 Å². The molecule has 0 saturated carbocycles. The standard InChI is InChI=1S/C21H23N3O6/c1-14-5-8-16(11-18(14)24(27)28)20(26)23-22-12-15-6-9-17(10-7-15)29-13-19(25)30-21(2,3)4/h5-12H,13H2,1-4H3,(H,23,26)/b22-12-. The highest BCUT2D eigenvalue weighted by atomic mass is 16.6. The zero-order chi connectivity index (χ0) is 22.3. The molecule has 30 heavy (non-hydrogen) atoms. The van der Waals surface area contributed by atoms with Crippen LogP contribution in [0.1, 0.15) is 42.3 Å². The van der Waals surface area contributed by atoms with Crippen LogP contribution < -0.4 is 10.2 Å². The first kappa shape index (κ1) is 22.5. The fraction of sp³-hybridized carbons (Fsp3) is 0.286. The van der Waals surface area contributed by atoms with Gasteiger partial charge < -0.3 is 9.47 Å². The molecule has 1 amide bonds. The number of nitro benzene ring substituents is 1. The SMILES string of the molecule is Cc1ccc(C(=O)N/N=C\c2ccc(OCC(=O)OC(C)(C)C)cc2)cc1[N+](=O)[O-]. The molecule has 0 heterocycles. The van der Waals surface area contributed by atoms with Crippen LogP contribution in [0.15, 0.2) is 47.6 Å². The lowest BCUT2D eigenvalue weighted by Gasteiger charge is -2.19. The van der Waals surface area contributed by atoms with Crippen molar-refractivity contribution in [1.29, 1.82) is 0 Å². The Morgan fingerprint density at radius 3 is 2.43 bits per heavy atom. The summed E-state index contributed by atoms with van der Waals surface area (Å²) in [6.07, 6.45) is 1.41. The van der Waals surface area contributed by atoms with Crippen molar-refractivity contribution in [3.8, 4) is 5.75 Å². The van der Waals surface area contributed by atoms with Crippen LogP contribution >= 0.6 is 0 Å². The van der Waals surface area contributed by atoms with Gasteiger partial charge in [-0.2, -0.15) is 5.10 Å². The number of amides is 1. The second-order valence-corrected chi connectivity index (χ2v) is 7.40. The molecule has 0 bridgehead atoms. The van der Waals surface area contributed by atoms with E-state index < -0.39 is 22.4 Å². The van der Waals surface area contributed by atoms with E-state index in [1.165, 1.54) is 24.4 Å². The molecule has 9 heteroatoms. The van der Waals surface area contributed by atoms with Gasteiger partial charge in [0.2, 0.25) is 0 Å². The van der Waals surface area contributed by atoms with Gasteiger partial charge in [0, 0.05) is 17.2 Å². The number of hydrazone groups is 1. The van der Waals surface area contributed by atoms with Crippen molar-refractivity contribution in [3.05, 3.63) is 69.3 Å². The van der Waals surface area contributed by atoms with Crippen molar-refractivity contribution < 1.29 is 24.0 Å². The molecule has 0 aliphatic rings. The monoisotopic (exact) mass is 413 g/mol. The van der Waals surface area contributed by atoms with Gasteiger partial charge in [-0.1, -0.05) is 6.07 Å². The van der Waals surface area contributed by atoms with E-state index >= 15 is 0 Å². The summed E-state index contributed by atoms with van der Waals surface area (Å²) < 4.78 is 10.5. The van der Waals surface area contributed by atoms with Gasteiger partial charge in [0.25, 0.3) is 11.6 Å². The molecule has 0 aliphatic heterocycles. The van der Waals surface area contributed by atoms with Gasteiger partial charge >= 0.3 is 5.97 Å². The molecule has 158 valence electrons. The fourth-order valence-electron chi connectivity index (χ4n) is 2.34. The van der Waals surface area contributed by atoms with Crippen molar-refractivity contribution in [1.82, 2.24) is 5.43 Å². The number of esters is 1. The molecule has 2 rings (SSSR count). The van der Waals surface area contributed by atoms with Gasteiger partial charge in [0.1, 0.15) is 11.4 Å². The van der Waals surface area contributed by atoms with E-state index in [0.717, 1.165) is 0 Å².